The molecule has 14 heavy (non-hydrogen) atoms. The number of hydrogen-bond acceptors (Lipinski definition) is 1. The maximum absolute atomic E-state index is 12.7. The van der Waals surface area contributed by atoms with Gasteiger partial charge in [-0.15, -0.1) is 0 Å². The summed E-state index contributed by atoms with van der Waals surface area (Å²) in [6.07, 6.45) is -1.32. The Morgan fingerprint density at radius 1 is 1.14 bits per heavy atom. The van der Waals surface area contributed by atoms with Crippen molar-refractivity contribution in [3.8, 4) is 0 Å². The lowest BCUT2D eigenvalue weighted by Crippen LogP contribution is -2.37. The predicted molar refractivity (Wildman–Crippen MR) is 43.1 cm³/mol. The third kappa shape index (κ3) is 4.04. The van der Waals surface area contributed by atoms with Crippen molar-refractivity contribution in [1.82, 2.24) is 4.90 Å². The Hall–Kier alpha value is -0.650. The number of halogens is 5. The van der Waals surface area contributed by atoms with Crippen LogP contribution in [0.3, 0.4) is 0 Å². The number of nitrogens with zero attached hydrogens (tertiary/aromatic N) is 1. The molecule has 1 nitrogen and oxygen atoms in total. The fourth-order valence-corrected chi connectivity index (χ4v) is 1.24. The number of rotatable bonds is 2. The molecule has 0 radical (unpaired) electrons. The van der Waals surface area contributed by atoms with Crippen LogP contribution in [0.15, 0.2) is 12.2 Å². The van der Waals surface area contributed by atoms with Gasteiger partial charge >= 0.3 is 6.05 Å². The molecule has 1 aliphatic rings. The van der Waals surface area contributed by atoms with E-state index in [4.69, 9.17) is 0 Å². The Labute approximate surface area is 79.2 Å². The van der Waals surface area contributed by atoms with Crippen molar-refractivity contribution in [2.24, 2.45) is 0 Å². The second kappa shape index (κ2) is 5.95. The molecule has 0 bridgehead atoms. The van der Waals surface area contributed by atoms with Gasteiger partial charge in [0.05, 0.1) is 13.3 Å². The van der Waals surface area contributed by atoms with Gasteiger partial charge in [0.1, 0.15) is 0 Å². The lowest BCUT2D eigenvalue weighted by molar-refractivity contribution is -0.0935. The van der Waals surface area contributed by atoms with Crippen LogP contribution in [0.1, 0.15) is 12.8 Å². The minimum absolute atomic E-state index is 0.191. The molecular weight excluding hydrogens is 205 g/mol. The van der Waals surface area contributed by atoms with Crippen molar-refractivity contribution in [3.05, 3.63) is 12.2 Å². The van der Waals surface area contributed by atoms with Crippen molar-refractivity contribution in [1.29, 1.82) is 0 Å². The summed E-state index contributed by atoms with van der Waals surface area (Å²) < 4.78 is 58.1. The van der Waals surface area contributed by atoms with Crippen LogP contribution in [0.4, 0.5) is 22.0 Å². The van der Waals surface area contributed by atoms with Crippen LogP contribution in [0.5, 0.6) is 0 Å². The highest BCUT2D eigenvalue weighted by molar-refractivity contribution is 4.95. The molecule has 0 aromatic rings. The van der Waals surface area contributed by atoms with Crippen LogP contribution < -0.4 is 0 Å². The zero-order chi connectivity index (χ0) is 11.2. The molecule has 0 saturated carbocycles. The maximum atomic E-state index is 12.7. The summed E-state index contributed by atoms with van der Waals surface area (Å²) in [6.45, 7) is 0.383. The molecule has 0 aliphatic carbocycles. The van der Waals surface area contributed by atoms with Gasteiger partial charge in [0.25, 0.3) is 6.08 Å². The monoisotopic (exact) mass is 217 g/mol. The van der Waals surface area contributed by atoms with Gasteiger partial charge in [-0.25, -0.2) is 4.90 Å². The van der Waals surface area contributed by atoms with Crippen LogP contribution in [0.25, 0.3) is 0 Å². The lowest BCUT2D eigenvalue weighted by Gasteiger charge is -2.22. The number of alkyl halides is 3. The van der Waals surface area contributed by atoms with E-state index in [9.17, 15) is 22.0 Å². The summed E-state index contributed by atoms with van der Waals surface area (Å²) >= 11 is 0. The normalized spacial score (nSPS) is 17.3. The van der Waals surface area contributed by atoms with Crippen molar-refractivity contribution >= 4 is 0 Å². The van der Waals surface area contributed by atoms with E-state index < -0.39 is 12.1 Å². The Balaban J connectivity index is 0.000000791. The molecule has 0 aromatic heterocycles. The van der Waals surface area contributed by atoms with E-state index in [1.807, 2.05) is 0 Å². The summed E-state index contributed by atoms with van der Waals surface area (Å²) in [4.78, 5) is 0.756. The molecule has 1 fully saturated rings. The second-order valence-electron chi connectivity index (χ2n) is 2.72. The van der Waals surface area contributed by atoms with Crippen LogP contribution in [0, 0.1) is 0 Å². The van der Waals surface area contributed by atoms with Crippen LogP contribution in [-0.4, -0.2) is 31.2 Å². The predicted octanol–water partition coefficient (Wildman–Crippen LogP) is 3.04. The molecule has 1 aliphatic heterocycles. The Morgan fingerprint density at radius 2 is 1.57 bits per heavy atom. The molecule has 0 unspecified atom stereocenters. The highest BCUT2D eigenvalue weighted by Crippen LogP contribution is 2.27. The van der Waals surface area contributed by atoms with Gasteiger partial charge in [-0.3, -0.25) is 4.39 Å². The molecule has 0 N–H and O–H groups in total. The summed E-state index contributed by atoms with van der Waals surface area (Å²) in [7, 11) is 0.500. The lowest BCUT2D eigenvalue weighted by atomic mass is 10.4. The van der Waals surface area contributed by atoms with E-state index >= 15 is 0 Å². The zero-order valence-electron chi connectivity index (χ0n) is 7.74. The van der Waals surface area contributed by atoms with E-state index in [2.05, 4.69) is 0 Å². The van der Waals surface area contributed by atoms with Crippen molar-refractivity contribution in [2.75, 3.05) is 20.3 Å². The average molecular weight is 217 g/mol. The van der Waals surface area contributed by atoms with Crippen molar-refractivity contribution < 1.29 is 22.0 Å². The second-order valence-corrected chi connectivity index (χ2v) is 2.72. The van der Waals surface area contributed by atoms with E-state index in [0.717, 1.165) is 4.90 Å². The van der Waals surface area contributed by atoms with Crippen LogP contribution >= 0.6 is 0 Å². The fraction of sp³-hybridized carbons (Fsp3) is 0.750. The molecule has 0 spiro atoms. The Morgan fingerprint density at radius 3 is 1.93 bits per heavy atom. The van der Waals surface area contributed by atoms with E-state index in [0.29, 0.717) is 20.0 Å². The third-order valence-corrected chi connectivity index (χ3v) is 1.81. The molecule has 1 saturated heterocycles. The van der Waals surface area contributed by atoms with Crippen molar-refractivity contribution in [2.45, 2.75) is 18.9 Å². The minimum Gasteiger partial charge on any atom is -0.255 e. The van der Waals surface area contributed by atoms with Gasteiger partial charge in [0.2, 0.25) is 0 Å². The fourth-order valence-electron chi connectivity index (χ4n) is 1.24. The SMILES string of the molecule is CF.FC(F)=CC(F)(F)N1CCCC1. The number of likely N-dealkylation sites (tertiary alicyclic amines) is 1. The number of hydrogen-bond donors (Lipinski definition) is 0. The molecule has 1 rings (SSSR count). The maximum Gasteiger partial charge on any atom is 0.330 e. The highest BCUT2D eigenvalue weighted by atomic mass is 19.3. The summed E-state index contributed by atoms with van der Waals surface area (Å²) in [6, 6.07) is -3.48. The summed E-state index contributed by atoms with van der Waals surface area (Å²) in [5.41, 5.74) is 0. The van der Waals surface area contributed by atoms with Crippen LogP contribution in [0.2, 0.25) is 0 Å². The molecule has 84 valence electrons. The summed E-state index contributed by atoms with van der Waals surface area (Å²) in [5.74, 6) is 0. The molecule has 1 heterocycles. The van der Waals surface area contributed by atoms with Gasteiger partial charge in [-0.2, -0.15) is 17.6 Å². The molecule has 6 heteroatoms. The quantitative estimate of drug-likeness (QED) is 0.507. The van der Waals surface area contributed by atoms with E-state index in [-0.39, 0.29) is 19.2 Å². The van der Waals surface area contributed by atoms with E-state index in [1.165, 1.54) is 0 Å². The first-order valence-electron chi connectivity index (χ1n) is 4.07. The highest BCUT2D eigenvalue weighted by Gasteiger charge is 2.37. The van der Waals surface area contributed by atoms with Gasteiger partial charge < -0.3 is 0 Å². The molecule has 0 atom stereocenters. The topological polar surface area (TPSA) is 3.24 Å². The minimum atomic E-state index is -3.48. The standard InChI is InChI=1S/C7H9F4N.CH3F/c8-6(9)5-7(10,11)12-3-1-2-4-12;1-2/h5H,1-4H2;1H3. The first-order chi connectivity index (χ1) is 6.52. The molecular formula is C8H12F5N. The first-order valence-corrected chi connectivity index (χ1v) is 4.07. The summed E-state index contributed by atoms with van der Waals surface area (Å²) in [5, 5.41) is 0. The van der Waals surface area contributed by atoms with Gasteiger partial charge in [-0.05, 0) is 12.8 Å². The van der Waals surface area contributed by atoms with Gasteiger partial charge in [-0.1, -0.05) is 0 Å². The zero-order valence-corrected chi connectivity index (χ0v) is 7.74. The average Bonchev–Trinajstić information content (AvgIpc) is 2.57. The Kier molecular flexibility index (Phi) is 5.68. The molecule has 0 amide bonds. The van der Waals surface area contributed by atoms with Gasteiger partial charge in [0, 0.05) is 13.1 Å². The van der Waals surface area contributed by atoms with E-state index in [1.54, 1.807) is 0 Å². The smallest absolute Gasteiger partial charge is 0.255 e. The largest absolute Gasteiger partial charge is 0.330 e. The molecule has 0 aromatic carbocycles. The van der Waals surface area contributed by atoms with Gasteiger partial charge in [0.15, 0.2) is 0 Å². The Bertz CT molecular complexity index is 182. The third-order valence-electron chi connectivity index (χ3n) is 1.81. The van der Waals surface area contributed by atoms with Crippen LogP contribution in [-0.2, 0) is 0 Å². The first kappa shape index (κ1) is 13.4. The van der Waals surface area contributed by atoms with Crippen molar-refractivity contribution in [3.63, 3.8) is 0 Å².